The van der Waals surface area contributed by atoms with Crippen molar-refractivity contribution in [3.8, 4) is 5.75 Å². The number of piperidine rings is 1. The smallest absolute Gasteiger partial charge is 0.308 e. The quantitative estimate of drug-likeness (QED) is 0.714. The van der Waals surface area contributed by atoms with E-state index < -0.39 is 0 Å². The summed E-state index contributed by atoms with van der Waals surface area (Å²) >= 11 is 1.43. The summed E-state index contributed by atoms with van der Waals surface area (Å²) in [5.41, 5.74) is 1.28. The van der Waals surface area contributed by atoms with Crippen molar-refractivity contribution < 1.29 is 23.9 Å². The number of rotatable bonds is 5. The first-order valence-electron chi connectivity index (χ1n) is 10.3. The van der Waals surface area contributed by atoms with Gasteiger partial charge in [-0.05, 0) is 49.9 Å². The van der Waals surface area contributed by atoms with E-state index in [-0.39, 0.29) is 29.6 Å². The lowest BCUT2D eigenvalue weighted by Gasteiger charge is -2.32. The third kappa shape index (κ3) is 4.41. The number of nitrogens with one attached hydrogen (secondary N) is 1. The van der Waals surface area contributed by atoms with E-state index >= 15 is 0 Å². The normalized spacial score (nSPS) is 18.4. The number of ether oxygens (including phenoxy) is 2. The summed E-state index contributed by atoms with van der Waals surface area (Å²) in [5, 5.41) is 3.35. The number of hydrogen-bond donors (Lipinski definition) is 1. The highest BCUT2D eigenvalue weighted by Crippen LogP contribution is 2.40. The second-order valence-corrected chi connectivity index (χ2v) is 8.81. The minimum Gasteiger partial charge on any atom is -0.497 e. The Balaban J connectivity index is 1.39. The van der Waals surface area contributed by atoms with Crippen molar-refractivity contribution in [3.05, 3.63) is 40.4 Å². The van der Waals surface area contributed by atoms with Crippen LogP contribution in [0, 0.1) is 5.92 Å². The average Bonchev–Trinajstić information content (AvgIpc) is 3.38. The third-order valence-corrected chi connectivity index (χ3v) is 6.98. The molecule has 1 atom stereocenters. The lowest BCUT2D eigenvalue weighted by Crippen LogP contribution is -2.42. The number of aromatic nitrogens is 1. The van der Waals surface area contributed by atoms with Gasteiger partial charge in [0.15, 0.2) is 5.13 Å². The molecule has 2 amide bonds. The summed E-state index contributed by atoms with van der Waals surface area (Å²) in [6.45, 7) is 1.10. The predicted octanol–water partition coefficient (Wildman–Crippen LogP) is 2.85. The molecule has 2 aliphatic rings. The van der Waals surface area contributed by atoms with E-state index in [1.165, 1.54) is 18.4 Å². The minimum atomic E-state index is -0.285. The molecule has 1 aliphatic carbocycles. The average molecular weight is 444 g/mol. The molecule has 8 nitrogen and oxygen atoms in total. The Bertz CT molecular complexity index is 980. The van der Waals surface area contributed by atoms with Crippen molar-refractivity contribution in [1.29, 1.82) is 0 Å². The SMILES string of the molecule is COC(=O)C1CCN(C(=O)[C@H]2CCc3sc(NC(=O)c4ccc(OC)cc4)nc32)CC1. The Morgan fingerprint density at radius 1 is 1.10 bits per heavy atom. The number of fused-ring (bicyclic) bond motifs is 1. The van der Waals surface area contributed by atoms with Gasteiger partial charge in [-0.25, -0.2) is 4.98 Å². The lowest BCUT2D eigenvalue weighted by molar-refractivity contribution is -0.149. The molecule has 0 bridgehead atoms. The molecular formula is C22H25N3O5S. The highest BCUT2D eigenvalue weighted by atomic mass is 32.1. The Labute approximate surface area is 184 Å². The number of esters is 1. The van der Waals surface area contributed by atoms with E-state index in [9.17, 15) is 14.4 Å². The second-order valence-electron chi connectivity index (χ2n) is 7.72. The van der Waals surface area contributed by atoms with Crippen LogP contribution in [0.3, 0.4) is 0 Å². The predicted molar refractivity (Wildman–Crippen MR) is 115 cm³/mol. The van der Waals surface area contributed by atoms with Crippen LogP contribution in [0.2, 0.25) is 0 Å². The molecule has 0 unspecified atom stereocenters. The number of nitrogens with zero attached hydrogens (tertiary/aromatic N) is 2. The van der Waals surface area contributed by atoms with Gasteiger partial charge in [0.05, 0.1) is 31.7 Å². The van der Waals surface area contributed by atoms with Gasteiger partial charge in [0.1, 0.15) is 5.75 Å². The van der Waals surface area contributed by atoms with Gasteiger partial charge in [-0.1, -0.05) is 0 Å². The Morgan fingerprint density at radius 2 is 1.81 bits per heavy atom. The van der Waals surface area contributed by atoms with Gasteiger partial charge < -0.3 is 14.4 Å². The van der Waals surface area contributed by atoms with Crippen LogP contribution in [-0.4, -0.2) is 55.0 Å². The van der Waals surface area contributed by atoms with Crippen molar-refractivity contribution in [3.63, 3.8) is 0 Å². The maximum atomic E-state index is 13.1. The fourth-order valence-corrected chi connectivity index (χ4v) is 5.19. The van der Waals surface area contributed by atoms with Gasteiger partial charge in [-0.2, -0.15) is 0 Å². The number of benzene rings is 1. The molecule has 4 rings (SSSR count). The van der Waals surface area contributed by atoms with Crippen molar-refractivity contribution in [2.24, 2.45) is 5.92 Å². The summed E-state index contributed by atoms with van der Waals surface area (Å²) < 4.78 is 9.93. The molecule has 1 saturated heterocycles. The Morgan fingerprint density at radius 3 is 2.45 bits per heavy atom. The topological polar surface area (TPSA) is 97.8 Å². The first kappa shape index (κ1) is 21.3. The number of methoxy groups -OCH3 is 2. The molecule has 1 N–H and O–H groups in total. The number of anilines is 1. The monoisotopic (exact) mass is 443 g/mol. The van der Waals surface area contributed by atoms with Crippen molar-refractivity contribution in [2.45, 2.75) is 31.6 Å². The fraction of sp³-hybridized carbons (Fsp3) is 0.455. The fourth-order valence-electron chi connectivity index (χ4n) is 4.16. The second kappa shape index (κ2) is 9.05. The summed E-state index contributed by atoms with van der Waals surface area (Å²) in [4.78, 5) is 44.8. The van der Waals surface area contributed by atoms with E-state index in [0.29, 0.717) is 42.4 Å². The molecule has 0 saturated carbocycles. The van der Waals surface area contributed by atoms with E-state index in [2.05, 4.69) is 10.3 Å². The van der Waals surface area contributed by atoms with Crippen LogP contribution in [0.1, 0.15) is 46.1 Å². The molecule has 2 aromatic rings. The largest absolute Gasteiger partial charge is 0.497 e. The zero-order valence-corrected chi connectivity index (χ0v) is 18.4. The van der Waals surface area contributed by atoms with Gasteiger partial charge in [0.25, 0.3) is 5.91 Å². The summed E-state index contributed by atoms with van der Waals surface area (Å²) in [6.07, 6.45) is 2.76. The van der Waals surface area contributed by atoms with Crippen LogP contribution >= 0.6 is 11.3 Å². The van der Waals surface area contributed by atoms with E-state index in [0.717, 1.165) is 23.4 Å². The minimum absolute atomic E-state index is 0.0559. The van der Waals surface area contributed by atoms with Gasteiger partial charge in [0, 0.05) is 23.5 Å². The summed E-state index contributed by atoms with van der Waals surface area (Å²) in [6, 6.07) is 6.85. The van der Waals surface area contributed by atoms with Crippen molar-refractivity contribution in [1.82, 2.24) is 9.88 Å². The van der Waals surface area contributed by atoms with Crippen LogP contribution in [0.25, 0.3) is 0 Å². The molecule has 2 heterocycles. The highest BCUT2D eigenvalue weighted by molar-refractivity contribution is 7.16. The van der Waals surface area contributed by atoms with Gasteiger partial charge in [0.2, 0.25) is 5.91 Å². The third-order valence-electron chi connectivity index (χ3n) is 5.93. The number of carbonyl (C=O) groups excluding carboxylic acids is 3. The van der Waals surface area contributed by atoms with E-state index in [1.807, 2.05) is 4.90 Å². The van der Waals surface area contributed by atoms with Crippen LogP contribution in [0.4, 0.5) is 5.13 Å². The van der Waals surface area contributed by atoms with Crippen LogP contribution in [0.5, 0.6) is 5.75 Å². The van der Waals surface area contributed by atoms with E-state index in [1.54, 1.807) is 31.4 Å². The molecule has 1 aromatic heterocycles. The molecule has 0 spiro atoms. The van der Waals surface area contributed by atoms with Gasteiger partial charge in [-0.3, -0.25) is 19.7 Å². The molecule has 1 aliphatic heterocycles. The van der Waals surface area contributed by atoms with Crippen LogP contribution in [-0.2, 0) is 20.7 Å². The Kier molecular flexibility index (Phi) is 6.22. The number of aryl methyl sites for hydroxylation is 1. The van der Waals surface area contributed by atoms with Crippen LogP contribution < -0.4 is 10.1 Å². The Hall–Kier alpha value is -2.94. The molecule has 164 valence electrons. The van der Waals surface area contributed by atoms with Gasteiger partial charge in [-0.15, -0.1) is 11.3 Å². The number of likely N-dealkylation sites (tertiary alicyclic amines) is 1. The molecular weight excluding hydrogens is 418 g/mol. The maximum Gasteiger partial charge on any atom is 0.308 e. The van der Waals surface area contributed by atoms with Crippen molar-refractivity contribution >= 4 is 34.3 Å². The number of amides is 2. The number of hydrogen-bond acceptors (Lipinski definition) is 7. The molecule has 31 heavy (non-hydrogen) atoms. The van der Waals surface area contributed by atoms with Gasteiger partial charge >= 0.3 is 5.97 Å². The summed E-state index contributed by atoms with van der Waals surface area (Å²) in [5.74, 6) is -0.128. The zero-order valence-electron chi connectivity index (χ0n) is 17.6. The number of carbonyl (C=O) groups is 3. The summed E-state index contributed by atoms with van der Waals surface area (Å²) in [7, 11) is 2.97. The highest BCUT2D eigenvalue weighted by Gasteiger charge is 2.37. The van der Waals surface area contributed by atoms with Crippen molar-refractivity contribution in [2.75, 3.05) is 32.6 Å². The first-order valence-corrected chi connectivity index (χ1v) is 11.1. The van der Waals surface area contributed by atoms with Crippen LogP contribution in [0.15, 0.2) is 24.3 Å². The van der Waals surface area contributed by atoms with E-state index in [4.69, 9.17) is 9.47 Å². The maximum absolute atomic E-state index is 13.1. The molecule has 0 radical (unpaired) electrons. The molecule has 9 heteroatoms. The first-order chi connectivity index (χ1) is 15.0. The molecule has 1 fully saturated rings. The standard InChI is InChI=1S/C22H25N3O5S/c1-29-15-5-3-13(4-6-15)19(26)24-22-23-18-16(7-8-17(18)31-22)20(27)25-11-9-14(10-12-25)21(28)30-2/h3-6,14,16H,7-12H2,1-2H3,(H,23,24,26)/t16-/m0/s1. The molecule has 1 aromatic carbocycles. The zero-order chi connectivity index (χ0) is 22.0. The lowest BCUT2D eigenvalue weighted by atomic mass is 9.95. The number of thiazole rings is 1.